The Hall–Kier alpha value is -2.00. The highest BCUT2D eigenvalue weighted by Gasteiger charge is 2.13. The van der Waals surface area contributed by atoms with Gasteiger partial charge in [0.25, 0.3) is 0 Å². The van der Waals surface area contributed by atoms with Crippen molar-refractivity contribution in [2.45, 2.75) is 33.2 Å². The summed E-state index contributed by atoms with van der Waals surface area (Å²) in [6.07, 6.45) is -0.525. The fourth-order valence-corrected chi connectivity index (χ4v) is 1.54. The van der Waals surface area contributed by atoms with Crippen LogP contribution < -0.4 is 11.1 Å². The van der Waals surface area contributed by atoms with Crippen LogP contribution in [0.25, 0.3) is 0 Å². The van der Waals surface area contributed by atoms with E-state index in [0.717, 1.165) is 0 Å². The fourth-order valence-electron chi connectivity index (χ4n) is 1.27. The summed E-state index contributed by atoms with van der Waals surface area (Å²) in [7, 11) is 0. The maximum atomic E-state index is 11.4. The van der Waals surface area contributed by atoms with Crippen LogP contribution in [0.2, 0.25) is 5.15 Å². The number of aromatic nitrogens is 2. The molecule has 20 heavy (non-hydrogen) atoms. The molecule has 7 heteroatoms. The zero-order valence-corrected chi connectivity index (χ0v) is 12.6. The fraction of sp³-hybridized carbons (Fsp3) is 0.462. The summed E-state index contributed by atoms with van der Waals surface area (Å²) in [6, 6.07) is 0. The summed E-state index contributed by atoms with van der Waals surface area (Å²) in [4.78, 5) is 19.1. The van der Waals surface area contributed by atoms with Crippen molar-refractivity contribution in [3.8, 4) is 11.8 Å². The van der Waals surface area contributed by atoms with Gasteiger partial charge in [0.05, 0.1) is 11.3 Å². The third-order valence-corrected chi connectivity index (χ3v) is 2.30. The molecule has 1 heterocycles. The maximum Gasteiger partial charge on any atom is 0.408 e. The monoisotopic (exact) mass is 296 g/mol. The lowest BCUT2D eigenvalue weighted by atomic mass is 10.1. The molecule has 0 spiro atoms. The summed E-state index contributed by atoms with van der Waals surface area (Å²) in [5.74, 6) is 5.54. The number of hydrogen-bond acceptors (Lipinski definition) is 5. The molecular weight excluding hydrogens is 280 g/mol. The lowest BCUT2D eigenvalue weighted by Crippen LogP contribution is -2.40. The van der Waals surface area contributed by atoms with Gasteiger partial charge < -0.3 is 15.8 Å². The number of ether oxygens (including phenoxy) is 1. The Balaban J connectivity index is 2.62. The van der Waals surface area contributed by atoms with Crippen LogP contribution >= 0.6 is 11.6 Å². The zero-order chi connectivity index (χ0) is 15.3. The second-order valence-electron chi connectivity index (χ2n) is 5.09. The van der Waals surface area contributed by atoms with Gasteiger partial charge in [0, 0.05) is 5.54 Å². The number of anilines is 1. The third-order valence-electron chi connectivity index (χ3n) is 2.03. The normalized spacial score (nSPS) is 10.4. The number of aryl methyl sites for hydroxylation is 1. The number of rotatable bonds is 1. The predicted molar refractivity (Wildman–Crippen MR) is 77.3 cm³/mol. The van der Waals surface area contributed by atoms with Gasteiger partial charge in [-0.15, -0.1) is 0 Å². The molecule has 0 radical (unpaired) electrons. The molecule has 108 valence electrons. The summed E-state index contributed by atoms with van der Waals surface area (Å²) in [5.41, 5.74) is 6.15. The molecule has 0 atom stereocenters. The van der Waals surface area contributed by atoms with Gasteiger partial charge in [-0.3, -0.25) is 0 Å². The van der Waals surface area contributed by atoms with Crippen LogP contribution in [-0.2, 0) is 4.74 Å². The molecule has 0 aromatic carbocycles. The molecule has 0 saturated carbocycles. The molecule has 0 fully saturated rings. The Morgan fingerprint density at radius 2 is 2.10 bits per heavy atom. The first-order chi connectivity index (χ1) is 9.19. The molecule has 3 N–H and O–H groups in total. The van der Waals surface area contributed by atoms with Crippen molar-refractivity contribution >= 4 is 23.6 Å². The second-order valence-corrected chi connectivity index (χ2v) is 5.44. The second kappa shape index (κ2) is 6.44. The van der Waals surface area contributed by atoms with Crippen LogP contribution in [0.3, 0.4) is 0 Å². The average molecular weight is 297 g/mol. The van der Waals surface area contributed by atoms with E-state index in [9.17, 15) is 4.79 Å². The number of nitrogens with one attached hydrogen (secondary N) is 1. The number of halogens is 1. The Morgan fingerprint density at radius 3 is 2.65 bits per heavy atom. The molecule has 0 unspecified atom stereocenters. The van der Waals surface area contributed by atoms with Crippen LogP contribution in [0.4, 0.5) is 10.7 Å². The number of carbonyl (C=O) groups is 1. The standard InChI is InChI=1S/C13H17ClN4O2/c1-8-9(10(14)17-11(15)16-8)6-5-7-20-12(19)18-13(2,3)4/h7H2,1-4H3,(H,18,19)(H2,15,16,17). The minimum Gasteiger partial charge on any atom is -0.436 e. The highest BCUT2D eigenvalue weighted by Crippen LogP contribution is 2.15. The van der Waals surface area contributed by atoms with Crippen molar-refractivity contribution in [1.29, 1.82) is 0 Å². The van der Waals surface area contributed by atoms with Crippen molar-refractivity contribution in [3.63, 3.8) is 0 Å². The minimum absolute atomic E-state index is 0.0535. The van der Waals surface area contributed by atoms with Crippen molar-refractivity contribution in [2.75, 3.05) is 12.3 Å². The first-order valence-electron chi connectivity index (χ1n) is 5.92. The molecule has 0 bridgehead atoms. The Labute approximate surface area is 123 Å². The largest absolute Gasteiger partial charge is 0.436 e. The molecule has 1 amide bonds. The Kier molecular flexibility index (Phi) is 5.17. The van der Waals surface area contributed by atoms with E-state index in [4.69, 9.17) is 22.1 Å². The summed E-state index contributed by atoms with van der Waals surface area (Å²) >= 11 is 5.91. The van der Waals surface area contributed by atoms with Gasteiger partial charge >= 0.3 is 6.09 Å². The summed E-state index contributed by atoms with van der Waals surface area (Å²) in [5, 5.41) is 2.83. The van der Waals surface area contributed by atoms with E-state index in [1.54, 1.807) is 6.92 Å². The van der Waals surface area contributed by atoms with Crippen LogP contribution in [-0.4, -0.2) is 28.2 Å². The number of hydrogen-bond donors (Lipinski definition) is 2. The Bertz CT molecular complexity index is 547. The van der Waals surface area contributed by atoms with E-state index in [2.05, 4.69) is 27.1 Å². The van der Waals surface area contributed by atoms with Gasteiger partial charge in [-0.2, -0.15) is 4.98 Å². The van der Waals surface area contributed by atoms with Gasteiger partial charge in [0.1, 0.15) is 0 Å². The quantitative estimate of drug-likeness (QED) is 0.610. The van der Waals surface area contributed by atoms with Crippen molar-refractivity contribution in [2.24, 2.45) is 0 Å². The lowest BCUT2D eigenvalue weighted by molar-refractivity contribution is 0.151. The summed E-state index contributed by atoms with van der Waals surface area (Å²) in [6.45, 7) is 7.24. The van der Waals surface area contributed by atoms with E-state index in [0.29, 0.717) is 11.3 Å². The van der Waals surface area contributed by atoms with Gasteiger partial charge in [-0.05, 0) is 27.7 Å². The van der Waals surface area contributed by atoms with E-state index >= 15 is 0 Å². The number of nitrogens with zero attached hydrogens (tertiary/aromatic N) is 2. The van der Waals surface area contributed by atoms with E-state index < -0.39 is 6.09 Å². The lowest BCUT2D eigenvalue weighted by Gasteiger charge is -2.19. The SMILES string of the molecule is Cc1nc(N)nc(Cl)c1C#CCOC(=O)NC(C)(C)C. The van der Waals surface area contributed by atoms with E-state index in [-0.39, 0.29) is 23.2 Å². The minimum atomic E-state index is -0.525. The highest BCUT2D eigenvalue weighted by molar-refractivity contribution is 6.30. The number of amides is 1. The number of nitrogens with two attached hydrogens (primary N) is 1. The van der Waals surface area contributed by atoms with Crippen molar-refractivity contribution < 1.29 is 9.53 Å². The van der Waals surface area contributed by atoms with E-state index in [1.165, 1.54) is 0 Å². The predicted octanol–water partition coefficient (Wildman–Crippen LogP) is 1.90. The molecule has 6 nitrogen and oxygen atoms in total. The highest BCUT2D eigenvalue weighted by atomic mass is 35.5. The third kappa shape index (κ3) is 5.33. The molecule has 1 rings (SSSR count). The zero-order valence-electron chi connectivity index (χ0n) is 11.9. The smallest absolute Gasteiger partial charge is 0.408 e. The maximum absolute atomic E-state index is 11.4. The molecule has 1 aromatic rings. The van der Waals surface area contributed by atoms with E-state index in [1.807, 2.05) is 20.8 Å². The molecule has 0 aliphatic rings. The van der Waals surface area contributed by atoms with Crippen LogP contribution in [0.1, 0.15) is 32.0 Å². The number of carbonyl (C=O) groups excluding carboxylic acids is 1. The molecule has 0 aliphatic heterocycles. The molecular formula is C13H17ClN4O2. The topological polar surface area (TPSA) is 90.1 Å². The Morgan fingerprint density at radius 1 is 1.45 bits per heavy atom. The first kappa shape index (κ1) is 16.1. The van der Waals surface area contributed by atoms with Crippen molar-refractivity contribution in [1.82, 2.24) is 15.3 Å². The van der Waals surface area contributed by atoms with Gasteiger partial charge in [0.2, 0.25) is 5.95 Å². The average Bonchev–Trinajstić information content (AvgIpc) is 2.23. The van der Waals surface area contributed by atoms with Crippen LogP contribution in [0.5, 0.6) is 0 Å². The van der Waals surface area contributed by atoms with Gasteiger partial charge in [-0.1, -0.05) is 23.4 Å². The first-order valence-corrected chi connectivity index (χ1v) is 6.30. The molecule has 0 saturated heterocycles. The van der Waals surface area contributed by atoms with Crippen LogP contribution in [0.15, 0.2) is 0 Å². The van der Waals surface area contributed by atoms with Crippen LogP contribution in [0, 0.1) is 18.8 Å². The van der Waals surface area contributed by atoms with Gasteiger partial charge in [-0.25, -0.2) is 9.78 Å². The number of nitrogen functional groups attached to an aromatic ring is 1. The summed E-state index contributed by atoms with van der Waals surface area (Å²) < 4.78 is 4.91. The molecule has 1 aromatic heterocycles. The van der Waals surface area contributed by atoms with Crippen molar-refractivity contribution in [3.05, 3.63) is 16.4 Å². The number of alkyl carbamates (subject to hydrolysis) is 1. The van der Waals surface area contributed by atoms with Gasteiger partial charge in [0.15, 0.2) is 11.8 Å². The molecule has 0 aliphatic carbocycles.